The Balaban J connectivity index is 2.35. The second-order valence-electron chi connectivity index (χ2n) is 3.61. The number of aromatic nitrogens is 1. The Hall–Kier alpha value is -1.19. The molecule has 0 saturated carbocycles. The average Bonchev–Trinajstić information content (AvgIpc) is 2.25. The molecule has 0 spiro atoms. The summed E-state index contributed by atoms with van der Waals surface area (Å²) in [5, 5.41) is 8.80. The van der Waals surface area contributed by atoms with Crippen LogP contribution in [0.3, 0.4) is 0 Å². The second-order valence-corrected chi connectivity index (χ2v) is 3.61. The zero-order chi connectivity index (χ0) is 11.1. The first-order chi connectivity index (χ1) is 7.22. The fourth-order valence-corrected chi connectivity index (χ4v) is 1.04. The monoisotopic (exact) mass is 207 g/mol. The minimum Gasteiger partial charge on any atom is -0.390 e. The largest absolute Gasteiger partial charge is 0.390 e. The molecule has 1 N–H and O–H groups in total. The Morgan fingerprint density at radius 3 is 2.80 bits per heavy atom. The van der Waals surface area contributed by atoms with Crippen LogP contribution in [0, 0.1) is 0 Å². The van der Waals surface area contributed by atoms with Crippen LogP contribution in [0.5, 0.6) is 0 Å². The maximum Gasteiger partial charge on any atom is 0.0852 e. The zero-order valence-corrected chi connectivity index (χ0v) is 9.23. The molecule has 0 aliphatic heterocycles. The van der Waals surface area contributed by atoms with E-state index in [1.807, 2.05) is 26.0 Å². The van der Waals surface area contributed by atoms with Crippen molar-refractivity contribution in [2.45, 2.75) is 27.1 Å². The van der Waals surface area contributed by atoms with Gasteiger partial charge in [-0.05, 0) is 25.5 Å². The van der Waals surface area contributed by atoms with Gasteiger partial charge < -0.3 is 9.84 Å². The van der Waals surface area contributed by atoms with E-state index in [2.05, 4.69) is 4.98 Å². The van der Waals surface area contributed by atoms with Gasteiger partial charge in [-0.3, -0.25) is 4.98 Å². The number of aliphatic hydroxyl groups excluding tert-OH is 1. The first kappa shape index (κ1) is 11.9. The molecule has 3 heteroatoms. The Morgan fingerprint density at radius 2 is 2.27 bits per heavy atom. The number of hydrogen-bond acceptors (Lipinski definition) is 3. The highest BCUT2D eigenvalue weighted by molar-refractivity contribution is 5.12. The van der Waals surface area contributed by atoms with Crippen LogP contribution < -0.4 is 0 Å². The lowest BCUT2D eigenvalue weighted by Gasteiger charge is -2.02. The van der Waals surface area contributed by atoms with E-state index in [1.165, 1.54) is 5.57 Å². The quantitative estimate of drug-likeness (QED) is 0.593. The van der Waals surface area contributed by atoms with Crippen molar-refractivity contribution in [2.75, 3.05) is 6.61 Å². The van der Waals surface area contributed by atoms with Crippen LogP contribution in [0.4, 0.5) is 0 Å². The summed E-state index contributed by atoms with van der Waals surface area (Å²) in [4.78, 5) is 4.07. The molecule has 1 aromatic rings. The molecule has 0 aliphatic carbocycles. The molecule has 0 aromatic carbocycles. The average molecular weight is 207 g/mol. The van der Waals surface area contributed by atoms with Gasteiger partial charge in [0.15, 0.2) is 0 Å². The molecule has 3 nitrogen and oxygen atoms in total. The molecule has 82 valence electrons. The summed E-state index contributed by atoms with van der Waals surface area (Å²) in [5.41, 5.74) is 2.96. The van der Waals surface area contributed by atoms with Crippen LogP contribution in [-0.4, -0.2) is 16.7 Å². The van der Waals surface area contributed by atoms with Crippen molar-refractivity contribution >= 4 is 0 Å². The first-order valence-corrected chi connectivity index (χ1v) is 4.98. The molecule has 1 rings (SSSR count). The SMILES string of the molecule is CC(C)=CCOCc1ccc(CO)nc1. The van der Waals surface area contributed by atoms with E-state index in [1.54, 1.807) is 12.3 Å². The van der Waals surface area contributed by atoms with E-state index < -0.39 is 0 Å². The smallest absolute Gasteiger partial charge is 0.0852 e. The molecular weight excluding hydrogens is 190 g/mol. The summed E-state index contributed by atoms with van der Waals surface area (Å²) >= 11 is 0. The van der Waals surface area contributed by atoms with Gasteiger partial charge in [0.2, 0.25) is 0 Å². The van der Waals surface area contributed by atoms with Crippen LogP contribution >= 0.6 is 0 Å². The van der Waals surface area contributed by atoms with E-state index in [4.69, 9.17) is 9.84 Å². The number of aliphatic hydroxyl groups is 1. The van der Waals surface area contributed by atoms with E-state index in [9.17, 15) is 0 Å². The van der Waals surface area contributed by atoms with Crippen LogP contribution in [0.1, 0.15) is 25.1 Å². The second kappa shape index (κ2) is 6.32. The molecule has 0 fully saturated rings. The summed E-state index contributed by atoms with van der Waals surface area (Å²) in [5.74, 6) is 0. The molecule has 0 saturated heterocycles. The van der Waals surface area contributed by atoms with Gasteiger partial charge in [-0.15, -0.1) is 0 Å². The van der Waals surface area contributed by atoms with Gasteiger partial charge in [-0.2, -0.15) is 0 Å². The summed E-state index contributed by atoms with van der Waals surface area (Å²) in [6, 6.07) is 3.72. The lowest BCUT2D eigenvalue weighted by Crippen LogP contribution is -1.96. The molecule has 15 heavy (non-hydrogen) atoms. The summed E-state index contributed by atoms with van der Waals surface area (Å²) in [7, 11) is 0. The molecule has 0 bridgehead atoms. The fourth-order valence-electron chi connectivity index (χ4n) is 1.04. The molecule has 1 heterocycles. The van der Waals surface area contributed by atoms with Gasteiger partial charge in [0, 0.05) is 6.20 Å². The van der Waals surface area contributed by atoms with Crippen molar-refractivity contribution in [1.82, 2.24) is 4.98 Å². The summed E-state index contributed by atoms with van der Waals surface area (Å²) < 4.78 is 5.43. The van der Waals surface area contributed by atoms with Gasteiger partial charge in [-0.25, -0.2) is 0 Å². The van der Waals surface area contributed by atoms with Gasteiger partial charge in [0.1, 0.15) is 0 Å². The van der Waals surface area contributed by atoms with Crippen molar-refractivity contribution in [3.05, 3.63) is 41.2 Å². The van der Waals surface area contributed by atoms with Gasteiger partial charge in [0.05, 0.1) is 25.5 Å². The summed E-state index contributed by atoms with van der Waals surface area (Å²) in [6.45, 7) is 5.26. The number of allylic oxidation sites excluding steroid dienone is 1. The molecule has 0 radical (unpaired) electrons. The highest BCUT2D eigenvalue weighted by Gasteiger charge is 1.94. The highest BCUT2D eigenvalue weighted by Crippen LogP contribution is 2.02. The zero-order valence-electron chi connectivity index (χ0n) is 9.23. The minimum absolute atomic E-state index is 0.0150. The van der Waals surface area contributed by atoms with Gasteiger partial charge in [-0.1, -0.05) is 17.7 Å². The molecular formula is C12H17NO2. The third kappa shape index (κ3) is 4.72. The lowest BCUT2D eigenvalue weighted by molar-refractivity contribution is 0.148. The minimum atomic E-state index is -0.0150. The molecule has 0 unspecified atom stereocenters. The predicted octanol–water partition coefficient (Wildman–Crippen LogP) is 2.06. The Kier molecular flexibility index (Phi) is 5.01. The highest BCUT2D eigenvalue weighted by atomic mass is 16.5. The third-order valence-electron chi connectivity index (χ3n) is 1.93. The number of nitrogens with zero attached hydrogens (tertiary/aromatic N) is 1. The van der Waals surface area contributed by atoms with Crippen molar-refractivity contribution in [1.29, 1.82) is 0 Å². The van der Waals surface area contributed by atoms with Crippen molar-refractivity contribution in [3.8, 4) is 0 Å². The van der Waals surface area contributed by atoms with Gasteiger partial charge in [0.25, 0.3) is 0 Å². The Labute approximate surface area is 90.4 Å². The lowest BCUT2D eigenvalue weighted by atomic mass is 10.2. The maximum atomic E-state index is 8.80. The maximum absolute atomic E-state index is 8.80. The fraction of sp³-hybridized carbons (Fsp3) is 0.417. The normalized spacial score (nSPS) is 10.1. The topological polar surface area (TPSA) is 42.4 Å². The molecule has 0 atom stereocenters. The Morgan fingerprint density at radius 1 is 1.47 bits per heavy atom. The van der Waals surface area contributed by atoms with Crippen LogP contribution in [0.2, 0.25) is 0 Å². The summed E-state index contributed by atoms with van der Waals surface area (Å²) in [6.07, 6.45) is 3.77. The first-order valence-electron chi connectivity index (χ1n) is 4.98. The van der Waals surface area contributed by atoms with Crippen LogP contribution in [0.15, 0.2) is 30.0 Å². The van der Waals surface area contributed by atoms with E-state index in [-0.39, 0.29) is 6.61 Å². The third-order valence-corrected chi connectivity index (χ3v) is 1.93. The van der Waals surface area contributed by atoms with E-state index in [0.29, 0.717) is 18.9 Å². The van der Waals surface area contributed by atoms with Gasteiger partial charge >= 0.3 is 0 Å². The molecule has 0 amide bonds. The van der Waals surface area contributed by atoms with Crippen molar-refractivity contribution < 1.29 is 9.84 Å². The number of pyridine rings is 1. The predicted molar refractivity (Wildman–Crippen MR) is 59.2 cm³/mol. The van der Waals surface area contributed by atoms with Crippen molar-refractivity contribution in [3.63, 3.8) is 0 Å². The van der Waals surface area contributed by atoms with Crippen molar-refractivity contribution in [2.24, 2.45) is 0 Å². The van der Waals surface area contributed by atoms with Crippen LogP contribution in [0.25, 0.3) is 0 Å². The Bertz CT molecular complexity index is 313. The molecule has 0 aliphatic rings. The van der Waals surface area contributed by atoms with E-state index >= 15 is 0 Å². The molecule has 1 aromatic heterocycles. The number of rotatable bonds is 5. The van der Waals surface area contributed by atoms with E-state index in [0.717, 1.165) is 5.56 Å². The number of ether oxygens (including phenoxy) is 1. The van der Waals surface area contributed by atoms with Crippen LogP contribution in [-0.2, 0) is 18.0 Å². The standard InChI is InChI=1S/C12H17NO2/c1-10(2)5-6-15-9-11-3-4-12(8-14)13-7-11/h3-5,7,14H,6,8-9H2,1-2H3. The number of hydrogen-bond donors (Lipinski definition) is 1.